The van der Waals surface area contributed by atoms with E-state index >= 15 is 0 Å². The van der Waals surface area contributed by atoms with Crippen LogP contribution in [0.25, 0.3) is 11.1 Å². The number of aliphatic hydroxyl groups excluding tert-OH is 1. The number of benzene rings is 3. The fraction of sp³-hybridized carbons (Fsp3) is 0.231. The van der Waals surface area contributed by atoms with Crippen molar-refractivity contribution in [1.29, 1.82) is 0 Å². The van der Waals surface area contributed by atoms with E-state index in [2.05, 4.69) is 5.32 Å². The van der Waals surface area contributed by atoms with Gasteiger partial charge in [-0.2, -0.15) is 0 Å². The molecule has 0 saturated carbocycles. The molecule has 5 heteroatoms. The number of nitrogens with one attached hydrogen (secondary N) is 1. The van der Waals surface area contributed by atoms with Gasteiger partial charge in [0, 0.05) is 12.1 Å². The third-order valence-electron chi connectivity index (χ3n) is 5.10. The largest absolute Gasteiger partial charge is 0.466 e. The molecule has 31 heavy (non-hydrogen) atoms. The number of aryl methyl sites for hydroxylation is 1. The Bertz CT molecular complexity index is 1020. The first-order chi connectivity index (χ1) is 15.0. The van der Waals surface area contributed by atoms with Gasteiger partial charge >= 0.3 is 5.97 Å². The summed E-state index contributed by atoms with van der Waals surface area (Å²) in [7, 11) is 0. The predicted molar refractivity (Wildman–Crippen MR) is 120 cm³/mol. The number of hydrogen-bond donors (Lipinski definition) is 2. The molecule has 0 fully saturated rings. The number of carbonyl (C=O) groups is 2. The number of ether oxygens (including phenoxy) is 1. The van der Waals surface area contributed by atoms with Gasteiger partial charge in [-0.3, -0.25) is 9.59 Å². The van der Waals surface area contributed by atoms with E-state index in [1.54, 1.807) is 31.2 Å². The smallest absolute Gasteiger partial charge is 0.313 e. The second-order valence-corrected chi connectivity index (χ2v) is 7.34. The number of rotatable bonds is 8. The average Bonchev–Trinajstić information content (AvgIpc) is 2.80. The van der Waals surface area contributed by atoms with E-state index in [4.69, 9.17) is 4.74 Å². The van der Waals surface area contributed by atoms with Gasteiger partial charge in [0.25, 0.3) is 5.91 Å². The monoisotopic (exact) mass is 417 g/mol. The van der Waals surface area contributed by atoms with E-state index in [1.165, 1.54) is 0 Å². The molecule has 2 unspecified atom stereocenters. The molecule has 2 N–H and O–H groups in total. The number of esters is 1. The topological polar surface area (TPSA) is 75.6 Å². The minimum Gasteiger partial charge on any atom is -0.466 e. The molecule has 0 aliphatic heterocycles. The Morgan fingerprint density at radius 3 is 2.26 bits per heavy atom. The van der Waals surface area contributed by atoms with Crippen molar-refractivity contribution in [2.45, 2.75) is 20.0 Å². The molecule has 0 saturated heterocycles. The van der Waals surface area contributed by atoms with E-state index in [0.717, 1.165) is 16.7 Å². The Kier molecular flexibility index (Phi) is 7.57. The lowest BCUT2D eigenvalue weighted by Gasteiger charge is -2.22. The normalized spacial score (nSPS) is 12.6. The van der Waals surface area contributed by atoms with Crippen LogP contribution in [0.5, 0.6) is 0 Å². The molecule has 0 spiro atoms. The standard InChI is InChI=1S/C26H27NO4/c1-3-31-26(30)23(24(28)20-12-8-5-9-13-20)17-27-25(29)22-16-18(2)14-15-21(22)19-10-6-4-7-11-19/h4-16,23-24,28H,3,17H2,1-2H3,(H,27,29). The zero-order valence-electron chi connectivity index (χ0n) is 17.7. The molecule has 0 aliphatic carbocycles. The summed E-state index contributed by atoms with van der Waals surface area (Å²) in [6.07, 6.45) is -1.09. The average molecular weight is 418 g/mol. The molecule has 0 heterocycles. The van der Waals surface area contributed by atoms with Gasteiger partial charge in [0.15, 0.2) is 0 Å². The van der Waals surface area contributed by atoms with Gasteiger partial charge in [-0.1, -0.05) is 78.4 Å². The molecule has 5 nitrogen and oxygen atoms in total. The van der Waals surface area contributed by atoms with Crippen molar-refractivity contribution in [3.05, 3.63) is 95.6 Å². The first-order valence-electron chi connectivity index (χ1n) is 10.3. The van der Waals surface area contributed by atoms with Crippen molar-refractivity contribution in [3.63, 3.8) is 0 Å². The van der Waals surface area contributed by atoms with Crippen molar-refractivity contribution in [2.75, 3.05) is 13.2 Å². The SMILES string of the molecule is CCOC(=O)C(CNC(=O)c1cc(C)ccc1-c1ccccc1)C(O)c1ccccc1. The number of aliphatic hydroxyl groups is 1. The molecular formula is C26H27NO4. The predicted octanol–water partition coefficient (Wildman–Crippen LogP) is 4.30. The minimum atomic E-state index is -1.09. The second kappa shape index (κ2) is 10.5. The third kappa shape index (κ3) is 5.58. The summed E-state index contributed by atoms with van der Waals surface area (Å²) in [5.74, 6) is -1.78. The summed E-state index contributed by atoms with van der Waals surface area (Å²) in [6, 6.07) is 24.3. The summed E-state index contributed by atoms with van der Waals surface area (Å²) < 4.78 is 5.15. The van der Waals surface area contributed by atoms with Crippen molar-refractivity contribution >= 4 is 11.9 Å². The fourth-order valence-electron chi connectivity index (χ4n) is 3.47. The molecule has 3 aromatic rings. The Morgan fingerprint density at radius 1 is 0.968 bits per heavy atom. The Morgan fingerprint density at radius 2 is 1.61 bits per heavy atom. The molecule has 0 radical (unpaired) electrons. The maximum atomic E-state index is 13.1. The van der Waals surface area contributed by atoms with E-state index in [9.17, 15) is 14.7 Å². The highest BCUT2D eigenvalue weighted by molar-refractivity contribution is 6.01. The van der Waals surface area contributed by atoms with Crippen molar-refractivity contribution in [1.82, 2.24) is 5.32 Å². The number of carbonyl (C=O) groups excluding carboxylic acids is 2. The van der Waals surface area contributed by atoms with Gasteiger partial charge in [-0.05, 0) is 36.6 Å². The Hall–Kier alpha value is -3.44. The lowest BCUT2D eigenvalue weighted by atomic mass is 9.94. The van der Waals surface area contributed by atoms with Crippen LogP contribution in [-0.2, 0) is 9.53 Å². The highest BCUT2D eigenvalue weighted by Crippen LogP contribution is 2.26. The molecule has 3 aromatic carbocycles. The van der Waals surface area contributed by atoms with Crippen molar-refractivity contribution < 1.29 is 19.4 Å². The molecular weight excluding hydrogens is 390 g/mol. The van der Waals surface area contributed by atoms with Gasteiger partial charge < -0.3 is 15.2 Å². The maximum Gasteiger partial charge on any atom is 0.313 e. The lowest BCUT2D eigenvalue weighted by molar-refractivity contribution is -0.151. The Balaban J connectivity index is 1.83. The van der Waals surface area contributed by atoms with Crippen LogP contribution >= 0.6 is 0 Å². The molecule has 160 valence electrons. The summed E-state index contributed by atoms with van der Waals surface area (Å²) in [5, 5.41) is 13.6. The summed E-state index contributed by atoms with van der Waals surface area (Å²) in [5.41, 5.74) is 3.80. The van der Waals surface area contributed by atoms with Crippen LogP contribution in [0.3, 0.4) is 0 Å². The molecule has 3 rings (SSSR count). The highest BCUT2D eigenvalue weighted by atomic mass is 16.5. The van der Waals surface area contributed by atoms with Crippen LogP contribution in [-0.4, -0.2) is 30.1 Å². The lowest BCUT2D eigenvalue weighted by Crippen LogP contribution is -2.37. The van der Waals surface area contributed by atoms with Crippen LogP contribution in [0, 0.1) is 12.8 Å². The van der Waals surface area contributed by atoms with Crippen LogP contribution in [0.1, 0.15) is 34.5 Å². The molecule has 1 amide bonds. The molecule has 0 bridgehead atoms. The van der Waals surface area contributed by atoms with Gasteiger partial charge in [0.05, 0.1) is 12.7 Å². The quantitative estimate of drug-likeness (QED) is 0.536. The van der Waals surface area contributed by atoms with Crippen molar-refractivity contribution in [2.24, 2.45) is 5.92 Å². The fourth-order valence-corrected chi connectivity index (χ4v) is 3.47. The molecule has 0 aliphatic rings. The van der Waals surface area contributed by atoms with Crippen LogP contribution in [0.4, 0.5) is 0 Å². The van der Waals surface area contributed by atoms with E-state index < -0.39 is 18.0 Å². The first-order valence-corrected chi connectivity index (χ1v) is 10.3. The zero-order valence-corrected chi connectivity index (χ0v) is 17.7. The van der Waals surface area contributed by atoms with Gasteiger partial charge in [0.1, 0.15) is 5.92 Å². The Labute approximate surface area is 182 Å². The number of hydrogen-bond acceptors (Lipinski definition) is 4. The summed E-state index contributed by atoms with van der Waals surface area (Å²) in [6.45, 7) is 3.78. The number of amides is 1. The van der Waals surface area contributed by atoms with Crippen molar-refractivity contribution in [3.8, 4) is 11.1 Å². The summed E-state index contributed by atoms with van der Waals surface area (Å²) in [4.78, 5) is 25.6. The van der Waals surface area contributed by atoms with Crippen LogP contribution in [0.15, 0.2) is 78.9 Å². The zero-order chi connectivity index (χ0) is 22.2. The van der Waals surface area contributed by atoms with E-state index in [-0.39, 0.29) is 19.1 Å². The van der Waals surface area contributed by atoms with Gasteiger partial charge in [-0.25, -0.2) is 0 Å². The second-order valence-electron chi connectivity index (χ2n) is 7.34. The molecule has 0 aromatic heterocycles. The van der Waals surface area contributed by atoms with Crippen LogP contribution < -0.4 is 5.32 Å². The van der Waals surface area contributed by atoms with Gasteiger partial charge in [0.2, 0.25) is 0 Å². The first kappa shape index (κ1) is 22.2. The maximum absolute atomic E-state index is 13.1. The van der Waals surface area contributed by atoms with E-state index in [1.807, 2.05) is 61.5 Å². The van der Waals surface area contributed by atoms with Crippen LogP contribution in [0.2, 0.25) is 0 Å². The van der Waals surface area contributed by atoms with E-state index in [0.29, 0.717) is 11.1 Å². The minimum absolute atomic E-state index is 0.0457. The summed E-state index contributed by atoms with van der Waals surface area (Å²) >= 11 is 0. The molecule has 2 atom stereocenters. The van der Waals surface area contributed by atoms with Gasteiger partial charge in [-0.15, -0.1) is 0 Å². The highest BCUT2D eigenvalue weighted by Gasteiger charge is 2.30. The third-order valence-corrected chi connectivity index (χ3v) is 5.10.